The van der Waals surface area contributed by atoms with Gasteiger partial charge < -0.3 is 0 Å². The van der Waals surface area contributed by atoms with Crippen molar-refractivity contribution in [2.75, 3.05) is 0 Å². The first-order valence-corrected chi connectivity index (χ1v) is 15.8. The van der Waals surface area contributed by atoms with Gasteiger partial charge in [0.1, 0.15) is 0 Å². The maximum atomic E-state index is 2.54. The molecular formula is C38H32S2. The third kappa shape index (κ3) is 3.18. The van der Waals surface area contributed by atoms with Crippen LogP contribution in [0, 0.1) is 13.8 Å². The van der Waals surface area contributed by atoms with Gasteiger partial charge in [-0.3, -0.25) is 0 Å². The molecule has 0 bridgehead atoms. The Labute approximate surface area is 245 Å². The largest absolute Gasteiger partial charge is 0.141 e. The Morgan fingerprint density at radius 1 is 0.475 bits per heavy atom. The topological polar surface area (TPSA) is 0 Å². The Hall–Kier alpha value is -3.46. The van der Waals surface area contributed by atoms with E-state index < -0.39 is 0 Å². The zero-order valence-electron chi connectivity index (χ0n) is 23.9. The normalized spacial score (nSPS) is 15.7. The van der Waals surface area contributed by atoms with Gasteiger partial charge in [0.05, 0.1) is 0 Å². The second kappa shape index (κ2) is 8.06. The van der Waals surface area contributed by atoms with Crippen LogP contribution in [0.1, 0.15) is 59.7 Å². The lowest BCUT2D eigenvalue weighted by atomic mass is 9.67. The quantitative estimate of drug-likeness (QED) is 0.200. The summed E-state index contributed by atoms with van der Waals surface area (Å²) in [4.78, 5) is 5.42. The fourth-order valence-electron chi connectivity index (χ4n) is 7.36. The molecule has 4 aromatic carbocycles. The lowest BCUT2D eigenvalue weighted by Crippen LogP contribution is -2.24. The first kappa shape index (κ1) is 24.3. The molecule has 2 aliphatic rings. The average Bonchev–Trinajstić information content (AvgIpc) is 3.63. The molecule has 8 rings (SSSR count). The molecule has 0 saturated heterocycles. The highest BCUT2D eigenvalue weighted by atomic mass is 32.1. The molecule has 0 spiro atoms. The van der Waals surface area contributed by atoms with Gasteiger partial charge >= 0.3 is 0 Å². The van der Waals surface area contributed by atoms with Gasteiger partial charge in [0.25, 0.3) is 0 Å². The predicted octanol–water partition coefficient (Wildman–Crippen LogP) is 11.5. The summed E-state index contributed by atoms with van der Waals surface area (Å²) >= 11 is 3.77. The smallest absolute Gasteiger partial charge is 0.0351 e. The molecule has 2 aromatic heterocycles. The monoisotopic (exact) mass is 552 g/mol. The number of hydrogen-bond donors (Lipinski definition) is 0. The van der Waals surface area contributed by atoms with Gasteiger partial charge in [0.2, 0.25) is 0 Å². The highest BCUT2D eigenvalue weighted by molar-refractivity contribution is 7.15. The Morgan fingerprint density at radius 2 is 1.05 bits per heavy atom. The minimum Gasteiger partial charge on any atom is -0.141 e. The predicted molar refractivity (Wildman–Crippen MR) is 175 cm³/mol. The van der Waals surface area contributed by atoms with E-state index in [0.717, 1.165) is 0 Å². The van der Waals surface area contributed by atoms with Crippen LogP contribution in [0.2, 0.25) is 0 Å². The van der Waals surface area contributed by atoms with Gasteiger partial charge in [-0.1, -0.05) is 70.2 Å². The molecule has 0 radical (unpaired) electrons. The van der Waals surface area contributed by atoms with Crippen molar-refractivity contribution in [1.82, 2.24) is 0 Å². The van der Waals surface area contributed by atoms with Crippen molar-refractivity contribution in [3.05, 3.63) is 117 Å². The van der Waals surface area contributed by atoms with Crippen LogP contribution in [0.5, 0.6) is 0 Å². The van der Waals surface area contributed by atoms with Crippen LogP contribution in [0.4, 0.5) is 0 Å². The summed E-state index contributed by atoms with van der Waals surface area (Å²) in [5.41, 5.74) is 13.9. The van der Waals surface area contributed by atoms with Crippen LogP contribution in [-0.4, -0.2) is 0 Å². The molecule has 0 nitrogen and oxygen atoms in total. The molecule has 0 saturated carbocycles. The van der Waals surface area contributed by atoms with Crippen LogP contribution >= 0.6 is 22.7 Å². The summed E-state index contributed by atoms with van der Waals surface area (Å²) in [5.74, 6) is 0. The molecule has 2 aliphatic carbocycles. The summed E-state index contributed by atoms with van der Waals surface area (Å²) in [5, 5.41) is 2.79. The van der Waals surface area contributed by atoms with Gasteiger partial charge in [0.15, 0.2) is 0 Å². The Balaban J connectivity index is 1.37. The van der Waals surface area contributed by atoms with Crippen molar-refractivity contribution in [1.29, 1.82) is 0 Å². The van der Waals surface area contributed by atoms with Gasteiger partial charge in [-0.05, 0) is 123 Å². The fraction of sp³-hybridized carbons (Fsp3) is 0.211. The van der Waals surface area contributed by atoms with E-state index in [9.17, 15) is 0 Å². The van der Waals surface area contributed by atoms with E-state index in [2.05, 4.69) is 126 Å². The van der Waals surface area contributed by atoms with Crippen molar-refractivity contribution >= 4 is 33.4 Å². The van der Waals surface area contributed by atoms with Crippen LogP contribution < -0.4 is 0 Å². The molecule has 6 aromatic rings. The first-order chi connectivity index (χ1) is 19.1. The average molecular weight is 553 g/mol. The van der Waals surface area contributed by atoms with Gasteiger partial charge in [-0.15, -0.1) is 22.7 Å². The molecular weight excluding hydrogens is 521 g/mol. The number of fused-ring (bicyclic) bond motifs is 5. The van der Waals surface area contributed by atoms with Crippen molar-refractivity contribution in [3.63, 3.8) is 0 Å². The maximum absolute atomic E-state index is 2.54. The molecule has 196 valence electrons. The first-order valence-electron chi connectivity index (χ1n) is 14.2. The van der Waals surface area contributed by atoms with Crippen molar-refractivity contribution < 1.29 is 0 Å². The lowest BCUT2D eigenvalue weighted by Gasteiger charge is -2.36. The fourth-order valence-corrected chi connectivity index (χ4v) is 9.13. The Bertz CT molecular complexity index is 2020. The van der Waals surface area contributed by atoms with E-state index in [1.54, 1.807) is 0 Å². The SMILES string of the molecule is Cc1ccc(-c2ccc3c(c2)C(C)(C)c2cc4c(cc2-3)C(C)(C)c2cccc3c(-c5ccc(C)s5)ccc-4c23)s1. The third-order valence-corrected chi connectivity index (χ3v) is 11.6. The minimum absolute atomic E-state index is 0.0589. The van der Waals surface area contributed by atoms with Crippen molar-refractivity contribution in [3.8, 4) is 43.1 Å². The molecule has 40 heavy (non-hydrogen) atoms. The standard InChI is InChI=1S/C38H32S2/c1-21-10-16-34(39-21)23-12-13-24-28-19-33-29(20-32(28)38(5,6)31(24)18-23)27-15-14-25(35-17-11-22(2)40-35)26-8-7-9-30(36(26)27)37(33,3)4/h7-20H,1-6H3. The molecule has 0 amide bonds. The zero-order valence-corrected chi connectivity index (χ0v) is 25.5. The summed E-state index contributed by atoms with van der Waals surface area (Å²) in [6.45, 7) is 14.0. The molecule has 0 atom stereocenters. The summed E-state index contributed by atoms with van der Waals surface area (Å²) in [6, 6.07) is 32.9. The molecule has 0 aliphatic heterocycles. The number of aryl methyl sites for hydroxylation is 2. The summed E-state index contributed by atoms with van der Waals surface area (Å²) in [6.07, 6.45) is 0. The number of hydrogen-bond acceptors (Lipinski definition) is 2. The molecule has 0 fully saturated rings. The second-order valence-corrected chi connectivity index (χ2v) is 15.2. The van der Waals surface area contributed by atoms with E-state index in [0.29, 0.717) is 0 Å². The summed E-state index contributed by atoms with van der Waals surface area (Å²) < 4.78 is 0. The zero-order chi connectivity index (χ0) is 27.6. The summed E-state index contributed by atoms with van der Waals surface area (Å²) in [7, 11) is 0. The minimum atomic E-state index is -0.0950. The van der Waals surface area contributed by atoms with Crippen LogP contribution in [-0.2, 0) is 10.8 Å². The third-order valence-electron chi connectivity index (χ3n) is 9.52. The molecule has 0 N–H and O–H groups in total. The van der Waals surface area contributed by atoms with E-state index in [4.69, 9.17) is 0 Å². The number of thiophene rings is 2. The van der Waals surface area contributed by atoms with E-state index in [1.165, 1.54) is 85.9 Å². The molecule has 0 unspecified atom stereocenters. The molecule has 2 heteroatoms. The van der Waals surface area contributed by atoms with Crippen LogP contribution in [0.15, 0.2) is 84.9 Å². The van der Waals surface area contributed by atoms with Crippen LogP contribution in [0.3, 0.4) is 0 Å². The van der Waals surface area contributed by atoms with Crippen molar-refractivity contribution in [2.45, 2.75) is 52.4 Å². The maximum Gasteiger partial charge on any atom is 0.0351 e. The van der Waals surface area contributed by atoms with E-state index in [-0.39, 0.29) is 10.8 Å². The van der Waals surface area contributed by atoms with Gasteiger partial charge in [-0.25, -0.2) is 0 Å². The van der Waals surface area contributed by atoms with E-state index in [1.807, 2.05) is 22.7 Å². The number of rotatable bonds is 2. The van der Waals surface area contributed by atoms with Gasteiger partial charge in [0, 0.05) is 30.3 Å². The number of benzene rings is 4. The van der Waals surface area contributed by atoms with E-state index >= 15 is 0 Å². The second-order valence-electron chi connectivity index (χ2n) is 12.7. The Kier molecular flexibility index (Phi) is 4.90. The lowest BCUT2D eigenvalue weighted by molar-refractivity contribution is 0.639. The van der Waals surface area contributed by atoms with Crippen molar-refractivity contribution in [2.24, 2.45) is 0 Å². The Morgan fingerprint density at radius 3 is 1.73 bits per heavy atom. The van der Waals surface area contributed by atoms with Gasteiger partial charge in [-0.2, -0.15) is 0 Å². The molecule has 2 heterocycles. The highest BCUT2D eigenvalue weighted by Gasteiger charge is 2.40. The van der Waals surface area contributed by atoms with Crippen LogP contribution in [0.25, 0.3) is 53.9 Å². The highest BCUT2D eigenvalue weighted by Crippen LogP contribution is 2.56.